The van der Waals surface area contributed by atoms with Crippen LogP contribution in [0.4, 0.5) is 0 Å². The molecule has 0 aromatic heterocycles. The minimum Gasteiger partial charge on any atom is -0.480 e. The van der Waals surface area contributed by atoms with E-state index in [1.807, 2.05) is 0 Å². The second-order valence-corrected chi connectivity index (χ2v) is 7.56. The van der Waals surface area contributed by atoms with Crippen LogP contribution in [0.2, 0.25) is 10.0 Å². The summed E-state index contributed by atoms with van der Waals surface area (Å²) in [5, 5.41) is 9.41. The van der Waals surface area contributed by atoms with Crippen LogP contribution in [0.3, 0.4) is 0 Å². The number of carbonyl (C=O) groups is 1. The summed E-state index contributed by atoms with van der Waals surface area (Å²) in [6, 6.07) is 0.319. The van der Waals surface area contributed by atoms with E-state index in [4.69, 9.17) is 28.3 Å². The molecule has 0 unspecified atom stereocenters. The van der Waals surface area contributed by atoms with Gasteiger partial charge in [-0.05, 0) is 37.0 Å². The van der Waals surface area contributed by atoms with E-state index < -0.39 is 28.0 Å². The van der Waals surface area contributed by atoms with Crippen molar-refractivity contribution >= 4 is 39.2 Å². The largest absolute Gasteiger partial charge is 0.480 e. The average Bonchev–Trinajstić information content (AvgIpc) is 2.33. The zero-order valence-corrected chi connectivity index (χ0v) is 14.4. The van der Waals surface area contributed by atoms with Crippen molar-refractivity contribution in [2.75, 3.05) is 0 Å². The van der Waals surface area contributed by atoms with Crippen LogP contribution in [0.15, 0.2) is 11.0 Å². The zero-order chi connectivity index (χ0) is 16.5. The van der Waals surface area contributed by atoms with Gasteiger partial charge >= 0.3 is 5.97 Å². The smallest absolute Gasteiger partial charge is 0.322 e. The first-order valence-corrected chi connectivity index (χ1v) is 8.43. The van der Waals surface area contributed by atoms with Gasteiger partial charge in [0.15, 0.2) is 0 Å². The second-order valence-electron chi connectivity index (χ2n) is 5.12. The van der Waals surface area contributed by atoms with Crippen LogP contribution in [-0.4, -0.2) is 25.5 Å². The molecule has 0 fully saturated rings. The number of nitrogens with one attached hydrogen (secondary N) is 1. The predicted octanol–water partition coefficient (Wildman–Crippen LogP) is 3.00. The third-order valence-electron chi connectivity index (χ3n) is 3.07. The lowest BCUT2D eigenvalue weighted by molar-refractivity contribution is -0.140. The molecule has 0 radical (unpaired) electrons. The Bertz CT molecular complexity index is 645. The Labute approximate surface area is 134 Å². The van der Waals surface area contributed by atoms with Crippen molar-refractivity contribution < 1.29 is 18.3 Å². The highest BCUT2D eigenvalue weighted by atomic mass is 35.5. The first-order valence-electron chi connectivity index (χ1n) is 6.19. The standard InChI is InChI=1S/C13H17Cl2NO4S/c1-6(2)11(13(17)18)16-21(19,20)12-8(4)9(14)5-7(3)10(12)15/h5-6,11,16H,1-4H3,(H,17,18)/t11-/m1/s1. The molecular formula is C13H17Cl2NO4S. The topological polar surface area (TPSA) is 83.5 Å². The zero-order valence-electron chi connectivity index (χ0n) is 12.1. The molecule has 21 heavy (non-hydrogen) atoms. The third-order valence-corrected chi connectivity index (χ3v) is 5.67. The predicted molar refractivity (Wildman–Crippen MR) is 82.5 cm³/mol. The number of rotatable bonds is 5. The molecule has 2 N–H and O–H groups in total. The summed E-state index contributed by atoms with van der Waals surface area (Å²) in [5.74, 6) is -1.67. The molecular weight excluding hydrogens is 337 g/mol. The molecule has 0 aliphatic rings. The van der Waals surface area contributed by atoms with E-state index in [0.717, 1.165) is 0 Å². The lowest BCUT2D eigenvalue weighted by atomic mass is 10.1. The van der Waals surface area contributed by atoms with Gasteiger partial charge in [-0.2, -0.15) is 4.72 Å². The minimum absolute atomic E-state index is 0.0392. The van der Waals surface area contributed by atoms with Gasteiger partial charge in [-0.1, -0.05) is 37.0 Å². The van der Waals surface area contributed by atoms with E-state index in [1.165, 1.54) is 6.92 Å². The van der Waals surface area contributed by atoms with Crippen LogP contribution >= 0.6 is 23.2 Å². The van der Waals surface area contributed by atoms with E-state index >= 15 is 0 Å². The summed E-state index contributed by atoms with van der Waals surface area (Å²) in [7, 11) is -4.10. The molecule has 0 aliphatic carbocycles. The maximum atomic E-state index is 12.5. The summed E-state index contributed by atoms with van der Waals surface area (Å²) >= 11 is 12.1. The number of carboxylic acid groups (broad SMARTS) is 1. The molecule has 0 aliphatic heterocycles. The summed E-state index contributed by atoms with van der Waals surface area (Å²) in [5.41, 5.74) is 0.789. The van der Waals surface area contributed by atoms with E-state index in [0.29, 0.717) is 5.56 Å². The second kappa shape index (κ2) is 6.52. The maximum Gasteiger partial charge on any atom is 0.322 e. The number of aliphatic carboxylic acids is 1. The van der Waals surface area contributed by atoms with Crippen LogP contribution < -0.4 is 4.72 Å². The van der Waals surface area contributed by atoms with Crippen LogP contribution in [0.1, 0.15) is 25.0 Å². The van der Waals surface area contributed by atoms with Gasteiger partial charge in [0, 0.05) is 5.02 Å². The van der Waals surface area contributed by atoms with Gasteiger partial charge in [-0.25, -0.2) is 8.42 Å². The fraction of sp³-hybridized carbons (Fsp3) is 0.462. The van der Waals surface area contributed by atoms with E-state index in [9.17, 15) is 13.2 Å². The molecule has 0 heterocycles. The normalized spacial score (nSPS) is 13.5. The van der Waals surface area contributed by atoms with Gasteiger partial charge in [-0.15, -0.1) is 0 Å². The van der Waals surface area contributed by atoms with Crippen LogP contribution in [-0.2, 0) is 14.8 Å². The SMILES string of the molecule is Cc1cc(Cl)c(C)c(S(=O)(=O)N[C@@H](C(=O)O)C(C)C)c1Cl. The summed E-state index contributed by atoms with van der Waals surface area (Å²) < 4.78 is 27.1. The highest BCUT2D eigenvalue weighted by Gasteiger charge is 2.31. The van der Waals surface area contributed by atoms with Crippen molar-refractivity contribution in [1.82, 2.24) is 4.72 Å². The van der Waals surface area contributed by atoms with Crippen LogP contribution in [0.25, 0.3) is 0 Å². The number of sulfonamides is 1. The molecule has 1 rings (SSSR count). The van der Waals surface area contributed by atoms with Gasteiger partial charge in [0.25, 0.3) is 0 Å². The van der Waals surface area contributed by atoms with Crippen molar-refractivity contribution in [3.8, 4) is 0 Å². The fourth-order valence-electron chi connectivity index (χ4n) is 1.83. The van der Waals surface area contributed by atoms with Crippen molar-refractivity contribution in [2.45, 2.75) is 38.6 Å². The van der Waals surface area contributed by atoms with Gasteiger partial charge < -0.3 is 5.11 Å². The molecule has 0 saturated carbocycles. The molecule has 0 amide bonds. The molecule has 1 atom stereocenters. The molecule has 0 saturated heterocycles. The number of hydrogen-bond acceptors (Lipinski definition) is 3. The molecule has 0 spiro atoms. The molecule has 1 aromatic rings. The fourth-order valence-corrected chi connectivity index (χ4v) is 4.38. The number of benzene rings is 1. The Balaban J connectivity index is 3.42. The first-order chi connectivity index (χ1) is 9.49. The number of carboxylic acids is 1. The first kappa shape index (κ1) is 18.2. The van der Waals surface area contributed by atoms with E-state index in [1.54, 1.807) is 26.8 Å². The molecule has 8 heteroatoms. The van der Waals surface area contributed by atoms with E-state index in [2.05, 4.69) is 4.72 Å². The van der Waals surface area contributed by atoms with Gasteiger partial charge in [0.05, 0.1) is 5.02 Å². The van der Waals surface area contributed by atoms with Crippen molar-refractivity contribution in [2.24, 2.45) is 5.92 Å². The molecule has 0 bridgehead atoms. The Morgan fingerprint density at radius 1 is 1.29 bits per heavy atom. The highest BCUT2D eigenvalue weighted by molar-refractivity contribution is 7.89. The molecule has 5 nitrogen and oxygen atoms in total. The van der Waals surface area contributed by atoms with Crippen molar-refractivity contribution in [1.29, 1.82) is 0 Å². The Morgan fingerprint density at radius 2 is 1.81 bits per heavy atom. The quantitative estimate of drug-likeness (QED) is 0.852. The number of hydrogen-bond donors (Lipinski definition) is 2. The van der Waals surface area contributed by atoms with Crippen molar-refractivity contribution in [3.05, 3.63) is 27.2 Å². The summed E-state index contributed by atoms with van der Waals surface area (Å²) in [6.45, 7) is 6.37. The third kappa shape index (κ3) is 3.88. The Hall–Kier alpha value is -0.820. The van der Waals surface area contributed by atoms with Crippen LogP contribution in [0, 0.1) is 19.8 Å². The monoisotopic (exact) mass is 353 g/mol. The maximum absolute atomic E-state index is 12.5. The van der Waals surface area contributed by atoms with Gasteiger partial charge in [0.2, 0.25) is 10.0 Å². The molecule has 1 aromatic carbocycles. The number of aryl methyl sites for hydroxylation is 1. The lowest BCUT2D eigenvalue weighted by Gasteiger charge is -2.20. The van der Waals surface area contributed by atoms with Crippen LogP contribution in [0.5, 0.6) is 0 Å². The lowest BCUT2D eigenvalue weighted by Crippen LogP contribution is -2.44. The summed E-state index contributed by atoms with van der Waals surface area (Å²) in [4.78, 5) is 11.0. The summed E-state index contributed by atoms with van der Waals surface area (Å²) in [6.07, 6.45) is 0. The average molecular weight is 354 g/mol. The Morgan fingerprint density at radius 3 is 2.24 bits per heavy atom. The van der Waals surface area contributed by atoms with Gasteiger partial charge in [-0.3, -0.25) is 4.79 Å². The van der Waals surface area contributed by atoms with Gasteiger partial charge in [0.1, 0.15) is 10.9 Å². The number of halogens is 2. The Kier molecular flexibility index (Phi) is 5.66. The highest BCUT2D eigenvalue weighted by Crippen LogP contribution is 2.33. The molecule has 118 valence electrons. The minimum atomic E-state index is -4.10. The van der Waals surface area contributed by atoms with Crippen molar-refractivity contribution in [3.63, 3.8) is 0 Å². The van der Waals surface area contributed by atoms with E-state index in [-0.39, 0.29) is 20.5 Å².